The Balaban J connectivity index is -0.0000000383. The summed E-state index contributed by atoms with van der Waals surface area (Å²) in [6.45, 7) is 4.90. The summed E-state index contributed by atoms with van der Waals surface area (Å²) in [5.41, 5.74) is -0.750. The van der Waals surface area contributed by atoms with Crippen LogP contribution in [0, 0.1) is 0 Å². The van der Waals surface area contributed by atoms with Gasteiger partial charge in [0, 0.05) is 0 Å². The first kappa shape index (κ1) is 22.8. The molecular formula is C5H9BaLiO4. The molecule has 0 unspecified atom stereocenters. The zero-order valence-corrected chi connectivity index (χ0v) is 11.8. The van der Waals surface area contributed by atoms with Gasteiger partial charge in [-0.2, -0.15) is 0 Å². The van der Waals surface area contributed by atoms with Crippen LogP contribution in [0.15, 0.2) is 0 Å². The molecule has 0 saturated carbocycles. The van der Waals surface area contributed by atoms with E-state index in [0.29, 0.717) is 0 Å². The van der Waals surface area contributed by atoms with E-state index in [-0.39, 0.29) is 67.7 Å². The average molecular weight is 277 g/mol. The Morgan fingerprint density at radius 1 is 1.18 bits per heavy atom. The van der Waals surface area contributed by atoms with Crippen molar-refractivity contribution in [3.8, 4) is 0 Å². The second kappa shape index (κ2) is 11.4. The van der Waals surface area contributed by atoms with Crippen LogP contribution in [0.3, 0.4) is 0 Å². The number of carboxylic acid groups (broad SMARTS) is 2. The van der Waals surface area contributed by atoms with Crippen molar-refractivity contribution in [1.29, 1.82) is 0 Å². The van der Waals surface area contributed by atoms with Gasteiger partial charge in [0.25, 0.3) is 0 Å². The fourth-order valence-corrected chi connectivity index (χ4v) is 0. The van der Waals surface area contributed by atoms with E-state index >= 15 is 0 Å². The zero-order chi connectivity index (χ0) is 8.08. The molecule has 11 heavy (non-hydrogen) atoms. The third-order valence-corrected chi connectivity index (χ3v) is 0. The van der Waals surface area contributed by atoms with Crippen LogP contribution in [-0.4, -0.2) is 60.6 Å². The maximum Gasteiger partial charge on any atom is 2.00 e. The molecule has 0 aliphatic heterocycles. The predicted octanol–water partition coefficient (Wildman–Crippen LogP) is -5.68. The summed E-state index contributed by atoms with van der Waals surface area (Å²) in [7, 11) is 0. The summed E-state index contributed by atoms with van der Waals surface area (Å²) in [5, 5.41) is 26.8. The van der Waals surface area contributed by atoms with Crippen LogP contribution in [0.2, 0.25) is 0 Å². The van der Waals surface area contributed by atoms with Gasteiger partial charge in [0.2, 0.25) is 0 Å². The molecule has 0 atom stereocenters. The first-order valence-corrected chi connectivity index (χ1v) is 2.32. The van der Waals surface area contributed by atoms with E-state index in [1.165, 1.54) is 0 Å². The first-order chi connectivity index (χ1) is 3.73. The van der Waals surface area contributed by atoms with Gasteiger partial charge in [-0.1, -0.05) is 20.8 Å². The molecule has 0 radical (unpaired) electrons. The monoisotopic (exact) mass is 278 g/mol. The molecule has 0 amide bonds. The van der Waals surface area contributed by atoms with Crippen molar-refractivity contribution in [1.82, 2.24) is 0 Å². The van der Waals surface area contributed by atoms with Crippen molar-refractivity contribution in [3.05, 3.63) is 0 Å². The van der Waals surface area contributed by atoms with Gasteiger partial charge >= 0.3 is 67.7 Å². The van der Waals surface area contributed by atoms with Crippen molar-refractivity contribution < 1.29 is 39.0 Å². The van der Waals surface area contributed by atoms with Crippen molar-refractivity contribution >= 4 is 55.0 Å². The van der Waals surface area contributed by atoms with Crippen LogP contribution in [0.25, 0.3) is 0 Å². The number of hydrogen-bond donors (Lipinski definition) is 0. The normalized spacial score (nSPS) is 7.64. The Labute approximate surface area is 119 Å². The third kappa shape index (κ3) is 515. The number of hydrogen-bond acceptors (Lipinski definition) is 4. The molecule has 0 fully saturated rings. The van der Waals surface area contributed by atoms with Crippen molar-refractivity contribution in [2.45, 2.75) is 26.4 Å². The van der Waals surface area contributed by atoms with E-state index in [1.807, 2.05) is 0 Å². The molecule has 56 valence electrons. The summed E-state index contributed by atoms with van der Waals surface area (Å²) in [5.74, 6) is 0. The molecule has 4 nitrogen and oxygen atoms in total. The summed E-state index contributed by atoms with van der Waals surface area (Å²) >= 11 is 0. The SMILES string of the molecule is CC(C)(C)[O-].O=C([O-])[O-].[Ba+2].[Li+]. The largest absolute Gasteiger partial charge is 2.00 e. The molecule has 0 aliphatic rings. The van der Waals surface area contributed by atoms with Crippen molar-refractivity contribution in [3.63, 3.8) is 0 Å². The second-order valence-electron chi connectivity index (χ2n) is 2.36. The molecule has 0 bridgehead atoms. The van der Waals surface area contributed by atoms with Crippen LogP contribution in [-0.2, 0) is 0 Å². The number of carbonyl (C=O) groups is 1. The fraction of sp³-hybridized carbons (Fsp3) is 0.800. The van der Waals surface area contributed by atoms with Gasteiger partial charge in [0.05, 0.1) is 0 Å². The summed E-state index contributed by atoms with van der Waals surface area (Å²) in [4.78, 5) is 8.33. The van der Waals surface area contributed by atoms with Crippen LogP contribution in [0.4, 0.5) is 4.79 Å². The van der Waals surface area contributed by atoms with Gasteiger partial charge in [0.1, 0.15) is 0 Å². The van der Waals surface area contributed by atoms with Crippen LogP contribution in [0.1, 0.15) is 20.8 Å². The Hall–Kier alpha value is 1.40. The topological polar surface area (TPSA) is 86.2 Å². The van der Waals surface area contributed by atoms with E-state index in [4.69, 9.17) is 15.0 Å². The number of carbonyl (C=O) groups excluding carboxylic acids is 1. The Morgan fingerprint density at radius 3 is 1.18 bits per heavy atom. The van der Waals surface area contributed by atoms with Gasteiger partial charge in [-0.25, -0.2) is 0 Å². The average Bonchev–Trinajstić information content (AvgIpc) is 1.19. The van der Waals surface area contributed by atoms with E-state index in [1.54, 1.807) is 20.8 Å². The molecule has 0 rings (SSSR count). The van der Waals surface area contributed by atoms with Crippen LogP contribution < -0.4 is 34.2 Å². The molecule has 0 spiro atoms. The quantitative estimate of drug-likeness (QED) is 0.413. The maximum absolute atomic E-state index is 10.1. The zero-order valence-electron chi connectivity index (χ0n) is 7.34. The maximum atomic E-state index is 10.1. The van der Waals surface area contributed by atoms with Gasteiger partial charge in [-0.3, -0.25) is 0 Å². The predicted molar refractivity (Wildman–Crippen MR) is 30.9 cm³/mol. The molecule has 0 aliphatic carbocycles. The minimum atomic E-state index is -2.33. The minimum absolute atomic E-state index is 0. The molecule has 0 N–H and O–H groups in total. The van der Waals surface area contributed by atoms with Crippen LogP contribution in [0.5, 0.6) is 0 Å². The van der Waals surface area contributed by atoms with E-state index in [2.05, 4.69) is 0 Å². The first-order valence-electron chi connectivity index (χ1n) is 2.32. The molecule has 0 aromatic rings. The fourth-order valence-electron chi connectivity index (χ4n) is 0. The second-order valence-corrected chi connectivity index (χ2v) is 2.36. The Bertz CT molecular complexity index is 81.0. The van der Waals surface area contributed by atoms with Gasteiger partial charge in [-0.05, 0) is 6.16 Å². The number of rotatable bonds is 0. The smallest absolute Gasteiger partial charge is 0.850 e. The summed E-state index contributed by atoms with van der Waals surface area (Å²) in [6, 6.07) is 0. The molecule has 0 saturated heterocycles. The third-order valence-electron chi connectivity index (χ3n) is 0. The molecule has 0 aromatic heterocycles. The van der Waals surface area contributed by atoms with Crippen molar-refractivity contribution in [2.24, 2.45) is 0 Å². The van der Waals surface area contributed by atoms with Gasteiger partial charge < -0.3 is 20.1 Å². The molecule has 0 aromatic carbocycles. The van der Waals surface area contributed by atoms with Gasteiger partial charge in [0.15, 0.2) is 0 Å². The van der Waals surface area contributed by atoms with E-state index < -0.39 is 11.8 Å². The standard InChI is InChI=1S/C4H9O.CH2O3.Ba.Li/c1-4(2,3)5;2-1(3)4;;/h1-3H3;(H2,2,3,4);;/q-1;;+2;+1/p-2. The van der Waals surface area contributed by atoms with Crippen LogP contribution >= 0.6 is 0 Å². The minimum Gasteiger partial charge on any atom is -0.850 e. The summed E-state index contributed by atoms with van der Waals surface area (Å²) in [6.07, 6.45) is -2.33. The molecule has 6 heteroatoms. The van der Waals surface area contributed by atoms with E-state index in [9.17, 15) is 5.11 Å². The van der Waals surface area contributed by atoms with Crippen molar-refractivity contribution in [2.75, 3.05) is 0 Å². The van der Waals surface area contributed by atoms with E-state index in [0.717, 1.165) is 0 Å². The Morgan fingerprint density at radius 2 is 1.18 bits per heavy atom. The summed E-state index contributed by atoms with van der Waals surface area (Å²) < 4.78 is 0. The molecular weight excluding hydrogens is 268 g/mol. The Kier molecular flexibility index (Phi) is 23.7. The molecule has 0 heterocycles. The van der Waals surface area contributed by atoms with Gasteiger partial charge in [-0.15, -0.1) is 5.60 Å².